The molecule has 0 radical (unpaired) electrons. The summed E-state index contributed by atoms with van der Waals surface area (Å²) in [6.07, 6.45) is 9.12. The van der Waals surface area contributed by atoms with Crippen LogP contribution in [0.2, 0.25) is 0 Å². The molecule has 4 rings (SSSR count). The number of terminal acetylenes is 1. The average molecular weight is 532 g/mol. The Morgan fingerprint density at radius 2 is 1.55 bits per heavy atom. The monoisotopic (exact) mass is 531 g/mol. The molecule has 3 amide bonds. The molecule has 0 fully saturated rings. The highest BCUT2D eigenvalue weighted by atomic mass is 16.2. The van der Waals surface area contributed by atoms with Crippen LogP contribution in [0.25, 0.3) is 0 Å². The van der Waals surface area contributed by atoms with Crippen molar-refractivity contribution in [3.8, 4) is 12.3 Å². The molecule has 0 atom stereocenters. The van der Waals surface area contributed by atoms with E-state index in [9.17, 15) is 14.4 Å². The lowest BCUT2D eigenvalue weighted by Gasteiger charge is -2.08. The maximum atomic E-state index is 11.4. The summed E-state index contributed by atoms with van der Waals surface area (Å²) in [7, 11) is 9.72. The summed E-state index contributed by atoms with van der Waals surface area (Å²) < 4.78 is 2.14. The third-order valence-electron chi connectivity index (χ3n) is 3.46. The van der Waals surface area contributed by atoms with Gasteiger partial charge in [-0.25, -0.2) is 14.4 Å². The number of nitrogens with one attached hydrogen (secondary N) is 1. The topological polar surface area (TPSA) is 246 Å². The molecular formula is C16H25N19O3. The Hall–Kier alpha value is -5.75. The summed E-state index contributed by atoms with van der Waals surface area (Å²) in [6, 6.07) is -0.877. The van der Waals surface area contributed by atoms with Gasteiger partial charge >= 0.3 is 18.1 Å². The minimum Gasteiger partial charge on any atom is -0.329 e. The highest BCUT2D eigenvalue weighted by molar-refractivity contribution is 5.75. The van der Waals surface area contributed by atoms with E-state index in [0.29, 0.717) is 5.82 Å². The zero-order valence-electron chi connectivity index (χ0n) is 21.3. The Morgan fingerprint density at radius 3 is 1.97 bits per heavy atom. The highest BCUT2D eigenvalue weighted by Crippen LogP contribution is 1.94. The van der Waals surface area contributed by atoms with E-state index in [4.69, 9.17) is 6.42 Å². The maximum Gasteiger partial charge on any atom is 0.362 e. The summed E-state index contributed by atoms with van der Waals surface area (Å²) in [4.78, 5) is 38.3. The molecule has 4 aromatic rings. The lowest BCUT2D eigenvalue weighted by molar-refractivity contribution is 0.211. The third kappa shape index (κ3) is 10.2. The number of hydrogen-bond acceptors (Lipinski definition) is 15. The van der Waals surface area contributed by atoms with Crippen molar-refractivity contribution in [2.75, 3.05) is 42.3 Å². The first-order valence-electron chi connectivity index (χ1n) is 10.1. The summed E-state index contributed by atoms with van der Waals surface area (Å²) >= 11 is 0. The molecule has 22 heteroatoms. The number of aromatic nitrogens is 16. The van der Waals surface area contributed by atoms with Crippen molar-refractivity contribution in [3.63, 3.8) is 0 Å². The number of hydrogen-bond donors (Lipinski definition) is 1. The second kappa shape index (κ2) is 16.0. The summed E-state index contributed by atoms with van der Waals surface area (Å²) in [5.74, 6) is 2.75. The van der Waals surface area contributed by atoms with Gasteiger partial charge in [0.05, 0.1) is 6.42 Å². The molecule has 4 heterocycles. The van der Waals surface area contributed by atoms with Gasteiger partial charge in [0.15, 0.2) is 18.5 Å². The molecule has 22 nitrogen and oxygen atoms in total. The van der Waals surface area contributed by atoms with Crippen LogP contribution in [-0.4, -0.2) is 156 Å². The van der Waals surface area contributed by atoms with Crippen LogP contribution in [0.4, 0.5) is 14.4 Å². The van der Waals surface area contributed by atoms with Crippen molar-refractivity contribution < 1.29 is 14.4 Å². The number of tetrazole rings is 4. The molecule has 1 N–H and O–H groups in total. The molecular weight excluding hydrogens is 506 g/mol. The SMILES string of the molecule is C#CCc1nnnn1C(=O)N(C)C.CN(C)C(=O)n1cnnn1.CN(C)C(=O)n1ncnn1.c1nn[nH]n1. The van der Waals surface area contributed by atoms with Gasteiger partial charge in [-0.05, 0) is 26.1 Å². The molecule has 0 aliphatic heterocycles. The number of rotatable bonds is 1. The van der Waals surface area contributed by atoms with E-state index in [1.807, 2.05) is 0 Å². The molecule has 0 aliphatic carbocycles. The van der Waals surface area contributed by atoms with Gasteiger partial charge < -0.3 is 14.7 Å². The Kier molecular flexibility index (Phi) is 12.8. The molecule has 4 aromatic heterocycles. The van der Waals surface area contributed by atoms with Crippen LogP contribution in [-0.2, 0) is 6.42 Å². The molecule has 0 aromatic carbocycles. The molecule has 0 aliphatic rings. The van der Waals surface area contributed by atoms with E-state index in [2.05, 4.69) is 73.0 Å². The van der Waals surface area contributed by atoms with Crippen LogP contribution in [0, 0.1) is 12.3 Å². The fourth-order valence-electron chi connectivity index (χ4n) is 1.76. The standard InChI is InChI=1S/C7H9N5O.2C4H7N5O.CH2N4/c1-4-5-6-8-9-10-12(6)7(13)11(2)3;1-8(2)4(10)9-3-5-6-7-9;1-8(2)4(10)9-6-3-5-7-9;1-2-4-5-3-1/h1H,5H2,2-3H3;2*3H,1-2H3;1H,(H,2,3,4,5). The van der Waals surface area contributed by atoms with Crippen LogP contribution in [0.3, 0.4) is 0 Å². The first-order valence-corrected chi connectivity index (χ1v) is 10.1. The zero-order valence-corrected chi connectivity index (χ0v) is 21.3. The summed E-state index contributed by atoms with van der Waals surface area (Å²) in [5.41, 5.74) is 0. The lowest BCUT2D eigenvalue weighted by atomic mass is 10.4. The number of nitrogens with zero attached hydrogens (tertiary/aromatic N) is 18. The van der Waals surface area contributed by atoms with Crippen molar-refractivity contribution in [2.45, 2.75) is 6.42 Å². The molecule has 0 spiro atoms. The second-order valence-corrected chi connectivity index (χ2v) is 6.96. The van der Waals surface area contributed by atoms with Crippen molar-refractivity contribution in [1.29, 1.82) is 0 Å². The Morgan fingerprint density at radius 1 is 0.868 bits per heavy atom. The quantitative estimate of drug-likeness (QED) is 0.190. The zero-order chi connectivity index (χ0) is 28.5. The number of carbonyl (C=O) groups excluding carboxylic acids is 3. The van der Waals surface area contributed by atoms with Crippen LogP contribution in [0.1, 0.15) is 5.82 Å². The molecule has 38 heavy (non-hydrogen) atoms. The number of amides is 3. The van der Waals surface area contributed by atoms with Crippen LogP contribution in [0.15, 0.2) is 19.0 Å². The number of carbonyl (C=O) groups is 3. The Labute approximate surface area is 214 Å². The van der Waals surface area contributed by atoms with Gasteiger partial charge in [-0.3, -0.25) is 0 Å². The predicted octanol–water partition coefficient (Wildman–Crippen LogP) is -3.02. The Balaban J connectivity index is 0.000000263. The molecule has 202 valence electrons. The van der Waals surface area contributed by atoms with Crippen molar-refractivity contribution in [1.82, 2.24) is 95.9 Å². The number of aromatic amines is 1. The van der Waals surface area contributed by atoms with E-state index in [1.165, 1.54) is 33.7 Å². The fraction of sp³-hybridized carbons (Fsp3) is 0.438. The van der Waals surface area contributed by atoms with E-state index in [0.717, 1.165) is 14.2 Å². The van der Waals surface area contributed by atoms with E-state index < -0.39 is 0 Å². The van der Waals surface area contributed by atoms with Crippen molar-refractivity contribution in [2.24, 2.45) is 0 Å². The average Bonchev–Trinajstić information content (AvgIpc) is 3.72. The third-order valence-corrected chi connectivity index (χ3v) is 3.46. The normalized spacial score (nSPS) is 9.18. The van der Waals surface area contributed by atoms with E-state index in [-0.39, 0.29) is 24.5 Å². The second-order valence-electron chi connectivity index (χ2n) is 6.96. The van der Waals surface area contributed by atoms with E-state index in [1.54, 1.807) is 42.3 Å². The van der Waals surface area contributed by atoms with Crippen LogP contribution >= 0.6 is 0 Å². The van der Waals surface area contributed by atoms with Gasteiger partial charge in [-0.1, -0.05) is 15.9 Å². The smallest absolute Gasteiger partial charge is 0.329 e. The van der Waals surface area contributed by atoms with Crippen molar-refractivity contribution in [3.05, 3.63) is 24.8 Å². The first kappa shape index (κ1) is 30.3. The predicted molar refractivity (Wildman–Crippen MR) is 124 cm³/mol. The van der Waals surface area contributed by atoms with Gasteiger partial charge in [0.25, 0.3) is 0 Å². The highest BCUT2D eigenvalue weighted by Gasteiger charge is 2.14. The molecule has 0 bridgehead atoms. The van der Waals surface area contributed by atoms with Gasteiger partial charge in [0.1, 0.15) is 6.33 Å². The lowest BCUT2D eigenvalue weighted by Crippen LogP contribution is -2.29. The van der Waals surface area contributed by atoms with Gasteiger partial charge in [-0.2, -0.15) is 5.21 Å². The fourth-order valence-corrected chi connectivity index (χ4v) is 1.76. The first-order chi connectivity index (χ1) is 18.1. The molecule has 0 unspecified atom stereocenters. The summed E-state index contributed by atoms with van der Waals surface area (Å²) in [5, 5.41) is 43.0. The number of H-pyrrole nitrogens is 1. The van der Waals surface area contributed by atoms with Gasteiger partial charge in [0, 0.05) is 42.3 Å². The minimum atomic E-state index is -0.310. The van der Waals surface area contributed by atoms with Gasteiger partial charge in [-0.15, -0.1) is 46.4 Å². The van der Waals surface area contributed by atoms with Crippen LogP contribution < -0.4 is 0 Å². The van der Waals surface area contributed by atoms with Crippen LogP contribution in [0.5, 0.6) is 0 Å². The molecule has 0 saturated carbocycles. The summed E-state index contributed by atoms with van der Waals surface area (Å²) in [6.45, 7) is 0. The van der Waals surface area contributed by atoms with E-state index >= 15 is 0 Å². The van der Waals surface area contributed by atoms with Gasteiger partial charge in [0.2, 0.25) is 0 Å². The molecule has 0 saturated heterocycles. The van der Waals surface area contributed by atoms with Crippen molar-refractivity contribution >= 4 is 18.1 Å². The largest absolute Gasteiger partial charge is 0.362 e. The maximum absolute atomic E-state index is 11.4. The minimum absolute atomic E-state index is 0.243. The Bertz CT molecular complexity index is 1170.